The number of pyridine rings is 1. The molecule has 0 aliphatic carbocycles. The zero-order valence-electron chi connectivity index (χ0n) is 20.0. The van der Waals surface area contributed by atoms with Gasteiger partial charge in [-0.05, 0) is 30.3 Å². The summed E-state index contributed by atoms with van der Waals surface area (Å²) in [5, 5.41) is 9.36. The minimum atomic E-state index is -4.86. The summed E-state index contributed by atoms with van der Waals surface area (Å²) in [6.45, 7) is 0.429. The molecule has 2 aromatic heterocycles. The molecule has 0 radical (unpaired) electrons. The molecule has 2 amide bonds. The Balaban J connectivity index is 1.54. The Morgan fingerprint density at radius 2 is 1.87 bits per heavy atom. The van der Waals surface area contributed by atoms with E-state index >= 15 is 0 Å². The maximum Gasteiger partial charge on any atom is 0.417 e. The molecule has 1 saturated heterocycles. The monoisotopic (exact) mass is 523 g/mol. The topological polar surface area (TPSA) is 88.9 Å². The van der Waals surface area contributed by atoms with Crippen LogP contribution in [0.2, 0.25) is 0 Å². The Morgan fingerprint density at radius 1 is 1.11 bits per heavy atom. The second kappa shape index (κ2) is 9.73. The van der Waals surface area contributed by atoms with E-state index in [2.05, 4.69) is 20.7 Å². The van der Waals surface area contributed by atoms with Gasteiger partial charge in [0, 0.05) is 48.9 Å². The Morgan fingerprint density at radius 3 is 2.50 bits per heavy atom. The minimum absolute atomic E-state index is 0.0513. The van der Waals surface area contributed by atoms with Gasteiger partial charge in [0.05, 0.1) is 28.2 Å². The molecule has 1 aliphatic rings. The Bertz CT molecular complexity index is 1530. The number of halogens is 4. The summed E-state index contributed by atoms with van der Waals surface area (Å²) < 4.78 is 57.3. The molecule has 0 saturated carbocycles. The number of alkyl halides is 3. The van der Waals surface area contributed by atoms with Gasteiger partial charge in [0.15, 0.2) is 0 Å². The van der Waals surface area contributed by atoms with E-state index < -0.39 is 34.6 Å². The molecule has 1 unspecified atom stereocenters. The second-order valence-corrected chi connectivity index (χ2v) is 8.91. The third-order valence-corrected chi connectivity index (χ3v) is 6.25. The largest absolute Gasteiger partial charge is 0.417 e. The Kier molecular flexibility index (Phi) is 6.43. The molecule has 38 heavy (non-hydrogen) atoms. The van der Waals surface area contributed by atoms with Crippen molar-refractivity contribution in [1.82, 2.24) is 20.1 Å². The van der Waals surface area contributed by atoms with Crippen LogP contribution in [0, 0.1) is 5.82 Å². The van der Waals surface area contributed by atoms with Gasteiger partial charge in [-0.2, -0.15) is 18.3 Å². The first-order valence-electron chi connectivity index (χ1n) is 11.7. The fraction of sp³-hybridized carbons (Fsp3) is 0.185. The number of benzene rings is 2. The van der Waals surface area contributed by atoms with Crippen molar-refractivity contribution in [2.75, 3.05) is 11.9 Å². The highest BCUT2D eigenvalue weighted by Gasteiger charge is 2.36. The number of carbonyl (C=O) groups excluding carboxylic acids is 2. The van der Waals surface area contributed by atoms with E-state index in [1.54, 1.807) is 36.4 Å². The van der Waals surface area contributed by atoms with Crippen LogP contribution >= 0.6 is 0 Å². The van der Waals surface area contributed by atoms with E-state index in [9.17, 15) is 27.2 Å². The zero-order valence-corrected chi connectivity index (χ0v) is 20.0. The van der Waals surface area contributed by atoms with Gasteiger partial charge in [-0.1, -0.05) is 30.3 Å². The highest BCUT2D eigenvalue weighted by atomic mass is 19.4. The molecule has 4 aromatic rings. The first-order chi connectivity index (χ1) is 18.1. The van der Waals surface area contributed by atoms with Crippen molar-refractivity contribution in [3.05, 3.63) is 89.5 Å². The second-order valence-electron chi connectivity index (χ2n) is 8.91. The minimum Gasteiger partial charge on any atom is -0.355 e. The van der Waals surface area contributed by atoms with E-state index in [4.69, 9.17) is 0 Å². The van der Waals surface area contributed by atoms with E-state index in [1.807, 2.05) is 6.07 Å². The smallest absolute Gasteiger partial charge is 0.355 e. The van der Waals surface area contributed by atoms with Gasteiger partial charge in [-0.15, -0.1) is 0 Å². The number of amides is 2. The summed E-state index contributed by atoms with van der Waals surface area (Å²) >= 11 is 0. The van der Waals surface area contributed by atoms with Crippen molar-refractivity contribution < 1.29 is 27.2 Å². The SMILES string of the molecule is Cn1ccc(-c2cc(C(=O)Nc3ccc(C4CNC(=O)C4)nc3-c3ccccc3)c(F)cc2C(F)(F)F)n1. The van der Waals surface area contributed by atoms with Gasteiger partial charge >= 0.3 is 6.18 Å². The molecular weight excluding hydrogens is 502 g/mol. The number of aromatic nitrogens is 3. The van der Waals surface area contributed by atoms with Crippen LogP contribution in [0.1, 0.15) is 34.0 Å². The summed E-state index contributed by atoms with van der Waals surface area (Å²) in [7, 11) is 1.53. The molecule has 1 fully saturated rings. The molecule has 5 rings (SSSR count). The quantitative estimate of drug-likeness (QED) is 0.354. The van der Waals surface area contributed by atoms with Gasteiger partial charge in [0.2, 0.25) is 5.91 Å². The summed E-state index contributed by atoms with van der Waals surface area (Å²) in [6.07, 6.45) is -3.13. The lowest BCUT2D eigenvalue weighted by Crippen LogP contribution is -2.18. The molecule has 2 N–H and O–H groups in total. The molecule has 7 nitrogen and oxygen atoms in total. The number of hydrogen-bond acceptors (Lipinski definition) is 4. The molecule has 3 heterocycles. The lowest BCUT2D eigenvalue weighted by atomic mass is 9.99. The molecule has 0 bridgehead atoms. The van der Waals surface area contributed by atoms with Crippen molar-refractivity contribution in [2.45, 2.75) is 18.5 Å². The van der Waals surface area contributed by atoms with Crippen LogP contribution in [0.4, 0.5) is 23.2 Å². The number of anilines is 1. The molecular formula is C27H21F4N5O2. The standard InChI is InChI=1S/C27H21F4N5O2/c1-36-10-9-22(35-36)17-12-18(20(28)13-19(17)27(29,30)31)26(38)34-23-8-7-21(16-11-24(37)32-14-16)33-25(23)15-5-3-2-4-6-15/h2-10,12-13,16H,11,14H2,1H3,(H,32,37)(H,34,38). The van der Waals surface area contributed by atoms with Crippen LogP contribution in [-0.2, 0) is 18.0 Å². The van der Waals surface area contributed by atoms with Crippen LogP contribution in [0.5, 0.6) is 0 Å². The van der Waals surface area contributed by atoms with Gasteiger partial charge in [-0.3, -0.25) is 19.3 Å². The summed E-state index contributed by atoms with van der Waals surface area (Å²) in [4.78, 5) is 29.6. The first-order valence-corrected chi connectivity index (χ1v) is 11.7. The van der Waals surface area contributed by atoms with Crippen LogP contribution in [0.3, 0.4) is 0 Å². The van der Waals surface area contributed by atoms with Crippen molar-refractivity contribution in [1.29, 1.82) is 0 Å². The Labute approximate surface area is 214 Å². The fourth-order valence-corrected chi connectivity index (χ4v) is 4.37. The van der Waals surface area contributed by atoms with Crippen LogP contribution in [-0.4, -0.2) is 33.1 Å². The van der Waals surface area contributed by atoms with Crippen molar-refractivity contribution in [3.63, 3.8) is 0 Å². The van der Waals surface area contributed by atoms with E-state index in [-0.39, 0.29) is 29.6 Å². The Hall–Kier alpha value is -4.54. The molecule has 1 atom stereocenters. The zero-order chi connectivity index (χ0) is 27.0. The number of aryl methyl sites for hydroxylation is 1. The number of nitrogens with one attached hydrogen (secondary N) is 2. The lowest BCUT2D eigenvalue weighted by molar-refractivity contribution is -0.137. The number of rotatable bonds is 5. The van der Waals surface area contributed by atoms with Gasteiger partial charge in [0.25, 0.3) is 5.91 Å². The third-order valence-electron chi connectivity index (χ3n) is 6.25. The van der Waals surface area contributed by atoms with Gasteiger partial charge in [0.1, 0.15) is 5.82 Å². The number of hydrogen-bond donors (Lipinski definition) is 2. The maximum absolute atomic E-state index is 14.9. The van der Waals surface area contributed by atoms with Crippen molar-refractivity contribution >= 4 is 17.5 Å². The van der Waals surface area contributed by atoms with Crippen LogP contribution in [0.25, 0.3) is 22.5 Å². The normalized spacial score (nSPS) is 15.4. The molecule has 0 spiro atoms. The van der Waals surface area contributed by atoms with Crippen molar-refractivity contribution in [2.24, 2.45) is 7.05 Å². The summed E-state index contributed by atoms with van der Waals surface area (Å²) in [5.74, 6) is -2.51. The van der Waals surface area contributed by atoms with Crippen LogP contribution < -0.4 is 10.6 Å². The predicted octanol–water partition coefficient (Wildman–Crippen LogP) is 5.16. The molecule has 11 heteroatoms. The molecule has 194 valence electrons. The lowest BCUT2D eigenvalue weighted by Gasteiger charge is -2.16. The maximum atomic E-state index is 14.9. The first kappa shape index (κ1) is 25.1. The average molecular weight is 523 g/mol. The molecule has 1 aliphatic heterocycles. The van der Waals surface area contributed by atoms with Gasteiger partial charge < -0.3 is 10.6 Å². The van der Waals surface area contributed by atoms with E-state index in [1.165, 1.54) is 24.0 Å². The highest BCUT2D eigenvalue weighted by molar-refractivity contribution is 6.07. The highest BCUT2D eigenvalue weighted by Crippen LogP contribution is 2.38. The fourth-order valence-electron chi connectivity index (χ4n) is 4.37. The van der Waals surface area contributed by atoms with Crippen LogP contribution in [0.15, 0.2) is 66.9 Å². The summed E-state index contributed by atoms with van der Waals surface area (Å²) in [5.41, 5.74) is -0.367. The average Bonchev–Trinajstić information content (AvgIpc) is 3.52. The molecule has 2 aromatic carbocycles. The number of carbonyl (C=O) groups is 2. The third kappa shape index (κ3) is 4.99. The predicted molar refractivity (Wildman–Crippen MR) is 132 cm³/mol. The summed E-state index contributed by atoms with van der Waals surface area (Å²) in [6, 6.07) is 14.7. The van der Waals surface area contributed by atoms with E-state index in [0.717, 1.165) is 6.07 Å². The number of nitrogens with zero attached hydrogens (tertiary/aromatic N) is 3. The van der Waals surface area contributed by atoms with Crippen molar-refractivity contribution in [3.8, 4) is 22.5 Å². The van der Waals surface area contributed by atoms with E-state index in [0.29, 0.717) is 29.6 Å². The van der Waals surface area contributed by atoms with Gasteiger partial charge in [-0.25, -0.2) is 4.39 Å².